The first kappa shape index (κ1) is 10.7. The normalized spacial score (nSPS) is 10.9. The van der Waals surface area contributed by atoms with Gasteiger partial charge in [-0.2, -0.15) is 0 Å². The summed E-state index contributed by atoms with van der Waals surface area (Å²) in [7, 11) is 0. The molecule has 0 atom stereocenters. The van der Waals surface area contributed by atoms with E-state index in [2.05, 4.69) is 30.9 Å². The van der Waals surface area contributed by atoms with Gasteiger partial charge in [0.05, 0.1) is 0 Å². The molecule has 0 aliphatic rings. The molecule has 3 rings (SSSR count). The van der Waals surface area contributed by atoms with Crippen LogP contribution in [0.2, 0.25) is 5.02 Å². The maximum absolute atomic E-state index is 5.95. The smallest absolute Gasteiger partial charge is 0.157 e. The molecule has 0 radical (unpaired) electrons. The van der Waals surface area contributed by atoms with Crippen LogP contribution in [0, 0.1) is 0 Å². The van der Waals surface area contributed by atoms with Gasteiger partial charge in [0.1, 0.15) is 11.3 Å². The molecular weight excluding hydrogens is 302 g/mol. The number of nitrogens with one attached hydrogen (secondary N) is 1. The Morgan fingerprint density at radius 2 is 2.12 bits per heavy atom. The Morgan fingerprint density at radius 1 is 1.24 bits per heavy atom. The van der Waals surface area contributed by atoms with Gasteiger partial charge in [0.25, 0.3) is 0 Å². The van der Waals surface area contributed by atoms with E-state index in [1.807, 2.05) is 30.3 Å². The molecule has 17 heavy (non-hydrogen) atoms. The van der Waals surface area contributed by atoms with Gasteiger partial charge >= 0.3 is 0 Å². The van der Waals surface area contributed by atoms with Crippen LogP contribution in [-0.4, -0.2) is 15.0 Å². The molecule has 1 N–H and O–H groups in total. The van der Waals surface area contributed by atoms with Crippen LogP contribution in [0.4, 0.5) is 0 Å². The number of nitrogens with zero attached hydrogens (tertiary/aromatic N) is 2. The van der Waals surface area contributed by atoms with Gasteiger partial charge in [-0.25, -0.2) is 9.97 Å². The number of pyridine rings is 1. The zero-order valence-electron chi connectivity index (χ0n) is 8.61. The van der Waals surface area contributed by atoms with Gasteiger partial charge in [-0.1, -0.05) is 23.7 Å². The topological polar surface area (TPSA) is 41.6 Å². The molecule has 0 fully saturated rings. The highest BCUT2D eigenvalue weighted by atomic mass is 79.9. The van der Waals surface area contributed by atoms with Crippen molar-refractivity contribution in [2.45, 2.75) is 0 Å². The predicted octanol–water partition coefficient (Wildman–Crippen LogP) is 4.04. The Labute approximate surface area is 111 Å². The Bertz CT molecular complexity index is 693. The van der Waals surface area contributed by atoms with Crippen molar-refractivity contribution in [1.29, 1.82) is 0 Å². The van der Waals surface area contributed by atoms with E-state index in [1.165, 1.54) is 0 Å². The van der Waals surface area contributed by atoms with Crippen LogP contribution in [0.1, 0.15) is 0 Å². The zero-order valence-corrected chi connectivity index (χ0v) is 11.0. The van der Waals surface area contributed by atoms with E-state index in [0.29, 0.717) is 5.02 Å². The van der Waals surface area contributed by atoms with E-state index in [9.17, 15) is 0 Å². The van der Waals surface area contributed by atoms with Crippen LogP contribution in [0.15, 0.2) is 41.0 Å². The van der Waals surface area contributed by atoms with Crippen molar-refractivity contribution in [3.8, 4) is 11.4 Å². The first-order valence-corrected chi connectivity index (χ1v) is 6.17. The summed E-state index contributed by atoms with van der Waals surface area (Å²) >= 11 is 9.33. The van der Waals surface area contributed by atoms with Crippen LogP contribution in [0.3, 0.4) is 0 Å². The lowest BCUT2D eigenvalue weighted by Crippen LogP contribution is -1.79. The molecule has 3 aromatic rings. The minimum atomic E-state index is 0.692. The Morgan fingerprint density at radius 3 is 2.94 bits per heavy atom. The average molecular weight is 309 g/mol. The Kier molecular flexibility index (Phi) is 2.61. The van der Waals surface area contributed by atoms with Crippen LogP contribution in [0.25, 0.3) is 22.6 Å². The van der Waals surface area contributed by atoms with Gasteiger partial charge < -0.3 is 4.98 Å². The molecule has 0 unspecified atom stereocenters. The fourth-order valence-electron chi connectivity index (χ4n) is 1.64. The van der Waals surface area contributed by atoms with Crippen LogP contribution in [-0.2, 0) is 0 Å². The molecule has 0 amide bonds. The number of aromatic amines is 1. The molecular formula is C12H7BrClN3. The summed E-state index contributed by atoms with van der Waals surface area (Å²) in [6.07, 6.45) is 1.74. The van der Waals surface area contributed by atoms with Gasteiger partial charge in [0.15, 0.2) is 5.65 Å². The first-order chi connectivity index (χ1) is 8.22. The summed E-state index contributed by atoms with van der Waals surface area (Å²) in [5, 5.41) is 0.692. The highest BCUT2D eigenvalue weighted by Gasteiger charge is 2.06. The third kappa shape index (κ3) is 2.06. The molecule has 2 heterocycles. The SMILES string of the molecule is Clc1cccc(-c2nc3cc(Br)cnc3[nH]2)c1. The number of imidazole rings is 1. The fraction of sp³-hybridized carbons (Fsp3) is 0. The van der Waals surface area contributed by atoms with Crippen molar-refractivity contribution in [3.63, 3.8) is 0 Å². The summed E-state index contributed by atoms with van der Waals surface area (Å²) < 4.78 is 0.911. The lowest BCUT2D eigenvalue weighted by molar-refractivity contribution is 1.30. The number of hydrogen-bond donors (Lipinski definition) is 1. The van der Waals surface area contributed by atoms with Crippen LogP contribution >= 0.6 is 27.5 Å². The summed E-state index contributed by atoms with van der Waals surface area (Å²) in [5.74, 6) is 0.771. The highest BCUT2D eigenvalue weighted by Crippen LogP contribution is 2.23. The third-order valence-electron chi connectivity index (χ3n) is 2.40. The number of benzene rings is 1. The van der Waals surface area contributed by atoms with Crippen molar-refractivity contribution in [2.24, 2.45) is 0 Å². The number of hydrogen-bond acceptors (Lipinski definition) is 2. The van der Waals surface area contributed by atoms with E-state index in [-0.39, 0.29) is 0 Å². The van der Waals surface area contributed by atoms with E-state index < -0.39 is 0 Å². The largest absolute Gasteiger partial charge is 0.323 e. The van der Waals surface area contributed by atoms with Crippen molar-refractivity contribution < 1.29 is 0 Å². The first-order valence-electron chi connectivity index (χ1n) is 4.99. The molecule has 0 bridgehead atoms. The monoisotopic (exact) mass is 307 g/mol. The number of fused-ring (bicyclic) bond motifs is 1. The van der Waals surface area contributed by atoms with Crippen molar-refractivity contribution in [1.82, 2.24) is 15.0 Å². The summed E-state index contributed by atoms with van der Waals surface area (Å²) in [5.41, 5.74) is 2.55. The molecule has 84 valence electrons. The van der Waals surface area contributed by atoms with Gasteiger partial charge in [-0.15, -0.1) is 0 Å². The number of halogens is 2. The number of aromatic nitrogens is 3. The molecule has 3 nitrogen and oxygen atoms in total. The van der Waals surface area contributed by atoms with E-state index in [0.717, 1.165) is 27.0 Å². The van der Waals surface area contributed by atoms with Crippen LogP contribution in [0.5, 0.6) is 0 Å². The second-order valence-corrected chi connectivity index (χ2v) is 4.97. The molecule has 0 saturated heterocycles. The lowest BCUT2D eigenvalue weighted by Gasteiger charge is -1.95. The maximum atomic E-state index is 5.95. The second-order valence-electron chi connectivity index (χ2n) is 3.62. The number of rotatable bonds is 1. The molecule has 0 aliphatic heterocycles. The van der Waals surface area contributed by atoms with Crippen molar-refractivity contribution in [2.75, 3.05) is 0 Å². The predicted molar refractivity (Wildman–Crippen MR) is 72.0 cm³/mol. The second kappa shape index (κ2) is 4.13. The minimum Gasteiger partial charge on any atom is -0.323 e. The quantitative estimate of drug-likeness (QED) is 0.737. The Balaban J connectivity index is 2.18. The van der Waals surface area contributed by atoms with E-state index >= 15 is 0 Å². The minimum absolute atomic E-state index is 0.692. The van der Waals surface area contributed by atoms with Gasteiger partial charge in [-0.05, 0) is 34.1 Å². The van der Waals surface area contributed by atoms with Crippen molar-refractivity contribution >= 4 is 38.7 Å². The maximum Gasteiger partial charge on any atom is 0.157 e. The van der Waals surface area contributed by atoms with Crippen LogP contribution < -0.4 is 0 Å². The summed E-state index contributed by atoms with van der Waals surface area (Å²) in [6.45, 7) is 0. The van der Waals surface area contributed by atoms with Gasteiger partial charge in [-0.3, -0.25) is 0 Å². The molecule has 0 spiro atoms. The lowest BCUT2D eigenvalue weighted by atomic mass is 10.2. The molecule has 5 heteroatoms. The number of H-pyrrole nitrogens is 1. The summed E-state index contributed by atoms with van der Waals surface area (Å²) in [6, 6.07) is 9.48. The standard InChI is InChI=1S/C12H7BrClN3/c13-8-5-10-12(15-6-8)17-11(16-10)7-2-1-3-9(14)4-7/h1-6H,(H,15,16,17). The average Bonchev–Trinajstić information content (AvgIpc) is 2.72. The van der Waals surface area contributed by atoms with Gasteiger partial charge in [0, 0.05) is 21.3 Å². The zero-order chi connectivity index (χ0) is 11.8. The van der Waals surface area contributed by atoms with E-state index in [1.54, 1.807) is 6.20 Å². The van der Waals surface area contributed by atoms with Crippen molar-refractivity contribution in [3.05, 3.63) is 46.0 Å². The highest BCUT2D eigenvalue weighted by molar-refractivity contribution is 9.10. The van der Waals surface area contributed by atoms with E-state index in [4.69, 9.17) is 11.6 Å². The molecule has 1 aromatic carbocycles. The van der Waals surface area contributed by atoms with Gasteiger partial charge in [0.2, 0.25) is 0 Å². The fourth-order valence-corrected chi connectivity index (χ4v) is 2.15. The molecule has 0 aliphatic carbocycles. The summed E-state index contributed by atoms with van der Waals surface area (Å²) in [4.78, 5) is 11.9. The molecule has 2 aromatic heterocycles. The Hall–Kier alpha value is -1.39. The third-order valence-corrected chi connectivity index (χ3v) is 3.07. The molecule has 0 saturated carbocycles.